The monoisotopic (exact) mass is 140 g/mol. The number of amides is 1. The van der Waals surface area contributed by atoms with Crippen molar-refractivity contribution in [3.8, 4) is 0 Å². The molecule has 0 aromatic rings. The summed E-state index contributed by atoms with van der Waals surface area (Å²) in [5.41, 5.74) is 0. The van der Waals surface area contributed by atoms with Crippen molar-refractivity contribution in [3.05, 3.63) is 19.6 Å². The van der Waals surface area contributed by atoms with Gasteiger partial charge in [-0.2, -0.15) is 0 Å². The van der Waals surface area contributed by atoms with Crippen molar-refractivity contribution in [3.63, 3.8) is 0 Å². The van der Waals surface area contributed by atoms with Gasteiger partial charge in [-0.3, -0.25) is 4.79 Å². The Morgan fingerprint density at radius 1 is 1.80 bits per heavy atom. The smallest absolute Gasteiger partial charge is 0.220 e. The van der Waals surface area contributed by atoms with Crippen molar-refractivity contribution >= 4 is 5.91 Å². The van der Waals surface area contributed by atoms with E-state index >= 15 is 0 Å². The molecule has 0 spiro atoms. The van der Waals surface area contributed by atoms with Crippen LogP contribution in [0.1, 0.15) is 13.3 Å². The van der Waals surface area contributed by atoms with E-state index in [0.29, 0.717) is 13.0 Å². The lowest BCUT2D eigenvalue weighted by Gasteiger charge is -2.03. The zero-order valence-electron chi connectivity index (χ0n) is 6.39. The summed E-state index contributed by atoms with van der Waals surface area (Å²) in [6.45, 7) is 9.64. The topological polar surface area (TPSA) is 29.1 Å². The van der Waals surface area contributed by atoms with Crippen LogP contribution >= 0.6 is 0 Å². The normalized spacial score (nSPS) is 9.50. The number of hydrogen-bond donors (Lipinski definition) is 1. The summed E-state index contributed by atoms with van der Waals surface area (Å²) in [4.78, 5) is 10.8. The van der Waals surface area contributed by atoms with Crippen LogP contribution in [0.4, 0.5) is 0 Å². The van der Waals surface area contributed by atoms with Crippen LogP contribution in [0.15, 0.2) is 12.7 Å². The highest BCUT2D eigenvalue weighted by atomic mass is 16.1. The first-order valence-corrected chi connectivity index (χ1v) is 3.37. The highest BCUT2D eigenvalue weighted by Gasteiger charge is 2.01. The second-order valence-corrected chi connectivity index (χ2v) is 2.40. The van der Waals surface area contributed by atoms with E-state index in [2.05, 4.69) is 18.8 Å². The Labute approximate surface area is 62.3 Å². The van der Waals surface area contributed by atoms with Gasteiger partial charge < -0.3 is 5.32 Å². The summed E-state index contributed by atoms with van der Waals surface area (Å²) in [5, 5.41) is 2.67. The number of nitrogens with one attached hydrogen (secondary N) is 1. The predicted molar refractivity (Wildman–Crippen MR) is 42.3 cm³/mol. The third-order valence-electron chi connectivity index (χ3n) is 0.977. The second kappa shape index (κ2) is 5.03. The molecule has 0 fully saturated rings. The Kier molecular flexibility index (Phi) is 4.63. The van der Waals surface area contributed by atoms with Crippen molar-refractivity contribution in [2.24, 2.45) is 5.92 Å². The summed E-state index contributed by atoms with van der Waals surface area (Å²) in [6.07, 6.45) is 2.15. The SMILES string of the molecule is [CH2]C(C)CC(=O)NCC=C. The molecule has 0 rings (SSSR count). The van der Waals surface area contributed by atoms with Crippen LogP contribution in [-0.2, 0) is 4.79 Å². The Balaban J connectivity index is 3.34. The van der Waals surface area contributed by atoms with Gasteiger partial charge in [0, 0.05) is 13.0 Å². The minimum absolute atomic E-state index is 0.0439. The van der Waals surface area contributed by atoms with Gasteiger partial charge in [-0.1, -0.05) is 13.0 Å². The molecule has 2 heteroatoms. The average Bonchev–Trinajstić information content (AvgIpc) is 1.82. The maximum atomic E-state index is 10.8. The van der Waals surface area contributed by atoms with Crippen LogP contribution in [0.5, 0.6) is 0 Å². The zero-order valence-corrected chi connectivity index (χ0v) is 6.39. The van der Waals surface area contributed by atoms with Crippen LogP contribution in [0.25, 0.3) is 0 Å². The third kappa shape index (κ3) is 5.35. The lowest BCUT2D eigenvalue weighted by Crippen LogP contribution is -2.24. The van der Waals surface area contributed by atoms with E-state index in [1.807, 2.05) is 6.92 Å². The lowest BCUT2D eigenvalue weighted by atomic mass is 10.1. The molecule has 2 nitrogen and oxygen atoms in total. The van der Waals surface area contributed by atoms with Crippen LogP contribution in [0.3, 0.4) is 0 Å². The van der Waals surface area contributed by atoms with E-state index in [0.717, 1.165) is 0 Å². The largest absolute Gasteiger partial charge is 0.353 e. The first kappa shape index (κ1) is 9.21. The molecule has 0 saturated heterocycles. The summed E-state index contributed by atoms with van der Waals surface area (Å²) < 4.78 is 0. The molecule has 0 aliphatic carbocycles. The van der Waals surface area contributed by atoms with E-state index < -0.39 is 0 Å². The molecule has 0 saturated carbocycles. The van der Waals surface area contributed by atoms with Crippen molar-refractivity contribution < 1.29 is 4.79 Å². The van der Waals surface area contributed by atoms with Crippen LogP contribution in [-0.4, -0.2) is 12.5 Å². The Hall–Kier alpha value is -0.790. The van der Waals surface area contributed by atoms with Crippen LogP contribution in [0, 0.1) is 12.8 Å². The van der Waals surface area contributed by atoms with Gasteiger partial charge in [0.05, 0.1) is 0 Å². The minimum atomic E-state index is 0.0439. The molecule has 0 aromatic carbocycles. The molecule has 1 radical (unpaired) electrons. The molecule has 0 bridgehead atoms. The fraction of sp³-hybridized carbons (Fsp3) is 0.500. The summed E-state index contributed by atoms with van der Waals surface area (Å²) >= 11 is 0. The Morgan fingerprint density at radius 2 is 2.40 bits per heavy atom. The number of carbonyl (C=O) groups excluding carboxylic acids is 1. The van der Waals surface area contributed by atoms with Crippen LogP contribution in [0.2, 0.25) is 0 Å². The zero-order chi connectivity index (χ0) is 7.98. The lowest BCUT2D eigenvalue weighted by molar-refractivity contribution is -0.121. The maximum Gasteiger partial charge on any atom is 0.220 e. The minimum Gasteiger partial charge on any atom is -0.353 e. The number of hydrogen-bond acceptors (Lipinski definition) is 1. The second-order valence-electron chi connectivity index (χ2n) is 2.40. The highest BCUT2D eigenvalue weighted by Crippen LogP contribution is 1.96. The Bertz CT molecular complexity index is 118. The molecular weight excluding hydrogens is 126 g/mol. The summed E-state index contributed by atoms with van der Waals surface area (Å²) in [7, 11) is 0. The molecule has 1 N–H and O–H groups in total. The van der Waals surface area contributed by atoms with Gasteiger partial charge in [-0.25, -0.2) is 0 Å². The van der Waals surface area contributed by atoms with Crippen LogP contribution < -0.4 is 5.32 Å². The van der Waals surface area contributed by atoms with Crippen molar-refractivity contribution in [1.29, 1.82) is 0 Å². The molecule has 0 aliphatic heterocycles. The molecule has 1 amide bonds. The highest BCUT2D eigenvalue weighted by molar-refractivity contribution is 5.76. The molecule has 1 unspecified atom stereocenters. The molecule has 57 valence electrons. The van der Waals surface area contributed by atoms with Gasteiger partial charge >= 0.3 is 0 Å². The average molecular weight is 140 g/mol. The van der Waals surface area contributed by atoms with Gasteiger partial charge in [-0.15, -0.1) is 6.58 Å². The fourth-order valence-corrected chi connectivity index (χ4v) is 0.575. The molecular formula is C8H14NO. The van der Waals surface area contributed by atoms with Gasteiger partial charge in [0.1, 0.15) is 0 Å². The quantitative estimate of drug-likeness (QED) is 0.583. The van der Waals surface area contributed by atoms with E-state index in [1.54, 1.807) is 6.08 Å². The summed E-state index contributed by atoms with van der Waals surface area (Å²) in [6, 6.07) is 0. The van der Waals surface area contributed by atoms with E-state index in [-0.39, 0.29) is 11.8 Å². The third-order valence-corrected chi connectivity index (χ3v) is 0.977. The van der Waals surface area contributed by atoms with Gasteiger partial charge in [0.2, 0.25) is 5.91 Å². The number of carbonyl (C=O) groups is 1. The molecule has 1 atom stereocenters. The molecule has 0 aliphatic rings. The first-order chi connectivity index (χ1) is 4.66. The van der Waals surface area contributed by atoms with Gasteiger partial charge in [0.15, 0.2) is 0 Å². The number of rotatable bonds is 4. The van der Waals surface area contributed by atoms with Gasteiger partial charge in [0.25, 0.3) is 0 Å². The standard InChI is InChI=1S/C8H14NO/c1-4-5-9-8(10)6-7(2)3/h4,7H,1-2,5-6H2,3H3,(H,9,10). The van der Waals surface area contributed by atoms with Gasteiger partial charge in [-0.05, 0) is 12.8 Å². The fourth-order valence-electron chi connectivity index (χ4n) is 0.575. The first-order valence-electron chi connectivity index (χ1n) is 3.37. The van der Waals surface area contributed by atoms with E-state index in [4.69, 9.17) is 0 Å². The molecule has 0 heterocycles. The summed E-state index contributed by atoms with van der Waals surface area (Å²) in [5.74, 6) is 0.229. The van der Waals surface area contributed by atoms with Crippen molar-refractivity contribution in [2.45, 2.75) is 13.3 Å². The predicted octanol–water partition coefficient (Wildman–Crippen LogP) is 1.15. The Morgan fingerprint density at radius 3 is 2.80 bits per heavy atom. The van der Waals surface area contributed by atoms with Crippen molar-refractivity contribution in [2.75, 3.05) is 6.54 Å². The van der Waals surface area contributed by atoms with E-state index in [9.17, 15) is 4.79 Å². The van der Waals surface area contributed by atoms with Crippen molar-refractivity contribution in [1.82, 2.24) is 5.32 Å². The van der Waals surface area contributed by atoms with E-state index in [1.165, 1.54) is 0 Å². The molecule has 10 heavy (non-hydrogen) atoms. The maximum absolute atomic E-state index is 10.8. The molecule has 0 aromatic heterocycles.